The predicted molar refractivity (Wildman–Crippen MR) is 116 cm³/mol. The van der Waals surface area contributed by atoms with Crippen molar-refractivity contribution in [2.75, 3.05) is 18.8 Å². The van der Waals surface area contributed by atoms with Crippen LogP contribution >= 0.6 is 0 Å². The second-order valence-corrected chi connectivity index (χ2v) is 8.31. The van der Waals surface area contributed by atoms with Crippen LogP contribution in [0.15, 0.2) is 24.3 Å². The summed E-state index contributed by atoms with van der Waals surface area (Å²) in [6, 6.07) is 7.34. The molecule has 29 heavy (non-hydrogen) atoms. The fraction of sp³-hybridized carbons (Fsp3) is 0.476. The van der Waals surface area contributed by atoms with Crippen molar-refractivity contribution in [2.45, 2.75) is 46.7 Å². The van der Waals surface area contributed by atoms with Gasteiger partial charge in [0, 0.05) is 18.5 Å². The van der Waals surface area contributed by atoms with Gasteiger partial charge < -0.3 is 21.1 Å². The molecule has 0 bridgehead atoms. The van der Waals surface area contributed by atoms with E-state index in [-0.39, 0.29) is 5.41 Å². The van der Waals surface area contributed by atoms with Crippen LogP contribution in [0.25, 0.3) is 21.9 Å². The largest absolute Gasteiger partial charge is 0.465 e. The van der Waals surface area contributed by atoms with Crippen molar-refractivity contribution >= 4 is 33.8 Å². The maximum absolute atomic E-state index is 12.0. The summed E-state index contributed by atoms with van der Waals surface area (Å²) in [6.45, 7) is 9.41. The highest BCUT2D eigenvalue weighted by molar-refractivity contribution is 6.06. The quantitative estimate of drug-likeness (QED) is 0.583. The van der Waals surface area contributed by atoms with Crippen molar-refractivity contribution < 1.29 is 9.90 Å². The van der Waals surface area contributed by atoms with E-state index in [0.29, 0.717) is 36.8 Å². The Labute approximate surface area is 170 Å². The van der Waals surface area contributed by atoms with Crippen LogP contribution in [0, 0.1) is 5.41 Å². The number of para-hydroxylation sites is 1. The average molecular weight is 399 g/mol. The van der Waals surface area contributed by atoms with Crippen LogP contribution in [-0.2, 0) is 6.54 Å². The van der Waals surface area contributed by atoms with Crippen LogP contribution in [0.5, 0.6) is 0 Å². The van der Waals surface area contributed by atoms with E-state index in [2.05, 4.69) is 9.55 Å². The summed E-state index contributed by atoms with van der Waals surface area (Å²) in [5.41, 5.74) is 14.0. The van der Waals surface area contributed by atoms with E-state index in [1.165, 1.54) is 4.90 Å². The number of fused-ring (bicyclic) bond motifs is 3. The Balaban J connectivity index is 2.40. The van der Waals surface area contributed by atoms with Crippen LogP contribution < -0.4 is 11.5 Å². The number of nitrogens with zero attached hydrogens (tertiary/aromatic N) is 4. The number of benzene rings is 1. The summed E-state index contributed by atoms with van der Waals surface area (Å²) in [5.74, 6) is 1.02. The SMILES string of the molecule is CCN(C(=O)O)C(c1nc2c(N)nc3ccccc3c2n1CCCN)C(C)(C)C. The standard InChI is InChI=1S/C21H30N6O2/c1-5-26(20(28)29)17(21(2,3)4)19-25-15-16(27(19)12-8-11-22)13-9-6-7-10-14(13)24-18(15)23/h6-7,9-10,17H,5,8,11-12,22H2,1-4H3,(H2,23,24)(H,28,29). The summed E-state index contributed by atoms with van der Waals surface area (Å²) >= 11 is 0. The number of hydrogen-bond acceptors (Lipinski definition) is 5. The van der Waals surface area contributed by atoms with Crippen LogP contribution in [0.1, 0.15) is 46.0 Å². The molecule has 0 saturated carbocycles. The number of nitrogens with two attached hydrogens (primary N) is 2. The minimum absolute atomic E-state index is 0.345. The van der Waals surface area contributed by atoms with Gasteiger partial charge in [-0.2, -0.15) is 0 Å². The van der Waals surface area contributed by atoms with Gasteiger partial charge in [-0.05, 0) is 31.4 Å². The lowest BCUT2D eigenvalue weighted by molar-refractivity contribution is 0.0794. The molecular formula is C21H30N6O2. The summed E-state index contributed by atoms with van der Waals surface area (Å²) < 4.78 is 2.09. The lowest BCUT2D eigenvalue weighted by Gasteiger charge is -2.37. The van der Waals surface area contributed by atoms with Crippen LogP contribution in [0.3, 0.4) is 0 Å². The molecule has 2 aromatic heterocycles. The maximum Gasteiger partial charge on any atom is 0.407 e. The lowest BCUT2D eigenvalue weighted by atomic mass is 9.85. The first-order valence-corrected chi connectivity index (χ1v) is 9.94. The second kappa shape index (κ2) is 7.87. The molecule has 1 atom stereocenters. The average Bonchev–Trinajstić information content (AvgIpc) is 3.02. The van der Waals surface area contributed by atoms with Crippen molar-refractivity contribution in [3.63, 3.8) is 0 Å². The van der Waals surface area contributed by atoms with Crippen molar-refractivity contribution in [2.24, 2.45) is 11.1 Å². The van der Waals surface area contributed by atoms with Crippen molar-refractivity contribution in [1.82, 2.24) is 19.4 Å². The number of carboxylic acid groups (broad SMARTS) is 1. The fourth-order valence-electron chi connectivity index (χ4n) is 3.98. The van der Waals surface area contributed by atoms with Crippen LogP contribution in [0.2, 0.25) is 0 Å². The molecule has 0 aliphatic rings. The number of anilines is 1. The molecule has 5 N–H and O–H groups in total. The van der Waals surface area contributed by atoms with Gasteiger partial charge in [0.1, 0.15) is 11.3 Å². The van der Waals surface area contributed by atoms with Crippen molar-refractivity contribution in [3.05, 3.63) is 30.1 Å². The highest BCUT2D eigenvalue weighted by atomic mass is 16.4. The summed E-state index contributed by atoms with van der Waals surface area (Å²) in [7, 11) is 0. The summed E-state index contributed by atoms with van der Waals surface area (Å²) in [4.78, 5) is 22.9. The third kappa shape index (κ3) is 3.72. The first-order valence-electron chi connectivity index (χ1n) is 9.94. The molecular weight excluding hydrogens is 368 g/mol. The third-order valence-corrected chi connectivity index (χ3v) is 5.19. The Morgan fingerprint density at radius 2 is 1.97 bits per heavy atom. The molecule has 8 nitrogen and oxygen atoms in total. The number of pyridine rings is 1. The Bertz CT molecular complexity index is 1040. The Kier molecular flexibility index (Phi) is 5.66. The monoisotopic (exact) mass is 398 g/mol. The van der Waals surface area contributed by atoms with E-state index in [1.54, 1.807) is 0 Å². The molecule has 8 heteroatoms. The van der Waals surface area contributed by atoms with Gasteiger partial charge in [0.05, 0.1) is 17.1 Å². The van der Waals surface area contributed by atoms with Gasteiger partial charge in [-0.1, -0.05) is 39.0 Å². The van der Waals surface area contributed by atoms with E-state index < -0.39 is 12.1 Å². The van der Waals surface area contributed by atoms with Crippen LogP contribution in [-0.4, -0.2) is 43.7 Å². The summed E-state index contributed by atoms with van der Waals surface area (Å²) in [5, 5.41) is 10.8. The van der Waals surface area contributed by atoms with Gasteiger partial charge in [0.2, 0.25) is 0 Å². The zero-order chi connectivity index (χ0) is 21.3. The van der Waals surface area contributed by atoms with E-state index in [0.717, 1.165) is 22.8 Å². The first-order chi connectivity index (χ1) is 13.7. The minimum Gasteiger partial charge on any atom is -0.465 e. The first kappa shape index (κ1) is 20.9. The number of rotatable bonds is 6. The maximum atomic E-state index is 12.0. The zero-order valence-corrected chi connectivity index (χ0v) is 17.5. The molecule has 156 valence electrons. The lowest BCUT2D eigenvalue weighted by Crippen LogP contribution is -2.41. The smallest absolute Gasteiger partial charge is 0.407 e. The molecule has 3 aromatic rings. The molecule has 1 amide bonds. The zero-order valence-electron chi connectivity index (χ0n) is 17.5. The van der Waals surface area contributed by atoms with Crippen molar-refractivity contribution in [1.29, 1.82) is 0 Å². The van der Waals surface area contributed by atoms with E-state index in [1.807, 2.05) is 52.0 Å². The Hall–Kier alpha value is -2.87. The number of nitrogen functional groups attached to an aromatic ring is 1. The molecule has 0 aliphatic heterocycles. The number of aryl methyl sites for hydroxylation is 1. The molecule has 0 radical (unpaired) electrons. The third-order valence-electron chi connectivity index (χ3n) is 5.19. The number of amides is 1. The van der Waals surface area contributed by atoms with Gasteiger partial charge in [0.15, 0.2) is 5.82 Å². The molecule has 0 spiro atoms. The molecule has 2 heterocycles. The Morgan fingerprint density at radius 1 is 1.28 bits per heavy atom. The van der Waals surface area contributed by atoms with E-state index >= 15 is 0 Å². The van der Waals surface area contributed by atoms with Gasteiger partial charge in [-0.3, -0.25) is 4.90 Å². The Morgan fingerprint density at radius 3 is 2.55 bits per heavy atom. The van der Waals surface area contributed by atoms with Gasteiger partial charge >= 0.3 is 6.09 Å². The fourth-order valence-corrected chi connectivity index (χ4v) is 3.98. The number of carbonyl (C=O) groups is 1. The normalized spacial score (nSPS) is 13.1. The predicted octanol–water partition coefficient (Wildman–Crippen LogP) is 3.60. The molecule has 0 saturated heterocycles. The number of imidazole rings is 1. The van der Waals surface area contributed by atoms with E-state index in [4.69, 9.17) is 16.5 Å². The topological polar surface area (TPSA) is 123 Å². The molecule has 0 fully saturated rings. The minimum atomic E-state index is -0.971. The van der Waals surface area contributed by atoms with Gasteiger partial charge in [-0.25, -0.2) is 14.8 Å². The highest BCUT2D eigenvalue weighted by Gasteiger charge is 2.38. The molecule has 0 aliphatic carbocycles. The number of aromatic nitrogens is 3. The molecule has 1 unspecified atom stereocenters. The number of hydrogen-bond donors (Lipinski definition) is 3. The summed E-state index contributed by atoms with van der Waals surface area (Å²) in [6.07, 6.45) is -0.230. The van der Waals surface area contributed by atoms with Gasteiger partial charge in [0.25, 0.3) is 0 Å². The van der Waals surface area contributed by atoms with Crippen molar-refractivity contribution in [3.8, 4) is 0 Å². The molecule has 1 aromatic carbocycles. The highest BCUT2D eigenvalue weighted by Crippen LogP contribution is 2.40. The van der Waals surface area contributed by atoms with Gasteiger partial charge in [-0.15, -0.1) is 0 Å². The van der Waals surface area contributed by atoms with E-state index in [9.17, 15) is 9.90 Å². The van der Waals surface area contributed by atoms with Crippen LogP contribution in [0.4, 0.5) is 10.6 Å². The second-order valence-electron chi connectivity index (χ2n) is 8.31. The molecule has 3 rings (SSSR count).